The van der Waals surface area contributed by atoms with Gasteiger partial charge in [0.2, 0.25) is 0 Å². The van der Waals surface area contributed by atoms with Crippen LogP contribution in [0.15, 0.2) is 22.4 Å². The predicted octanol–water partition coefficient (Wildman–Crippen LogP) is 7.88. The van der Waals surface area contributed by atoms with Crippen LogP contribution in [0.3, 0.4) is 0 Å². The maximum Gasteiger partial charge on any atom is 0.302 e. The van der Waals surface area contributed by atoms with E-state index in [0.717, 1.165) is 12.2 Å². The first-order valence-electron chi connectivity index (χ1n) is 14.6. The van der Waals surface area contributed by atoms with Gasteiger partial charge in [-0.25, -0.2) is 0 Å². The van der Waals surface area contributed by atoms with E-state index < -0.39 is 0 Å². The second-order valence-electron chi connectivity index (χ2n) is 15.1. The molecule has 0 radical (unpaired) electrons. The maximum atomic E-state index is 11.9. The molecular formula is C32H47NO3. The summed E-state index contributed by atoms with van der Waals surface area (Å²) in [5.41, 5.74) is 4.30. The molecule has 1 heterocycles. The molecule has 1 unspecified atom stereocenters. The van der Waals surface area contributed by atoms with Crippen molar-refractivity contribution in [3.63, 3.8) is 0 Å². The van der Waals surface area contributed by atoms with E-state index in [-0.39, 0.29) is 27.6 Å². The molecule has 3 fully saturated rings. The molecule has 0 amide bonds. The number of aromatic nitrogens is 1. The smallest absolute Gasteiger partial charge is 0.302 e. The van der Waals surface area contributed by atoms with Gasteiger partial charge < -0.3 is 9.26 Å². The number of carbonyl (C=O) groups is 1. The van der Waals surface area contributed by atoms with E-state index in [2.05, 4.69) is 52.8 Å². The zero-order valence-electron chi connectivity index (χ0n) is 23.7. The lowest BCUT2D eigenvalue weighted by molar-refractivity contribution is -0.166. The Balaban J connectivity index is 1.41. The van der Waals surface area contributed by atoms with Crippen molar-refractivity contribution in [2.24, 2.45) is 44.8 Å². The van der Waals surface area contributed by atoms with Crippen LogP contribution in [0, 0.1) is 44.8 Å². The summed E-state index contributed by atoms with van der Waals surface area (Å²) in [7, 11) is 0. The SMILES string of the molecule is CC(=O)OC[C@]12CCC(C)(C)CC1C1=CC[C@@H]3[C@@]4(C)Cc5cnoc5[C@@H](C)[C@@H]4CC[C@@]3(C)[C@]1(C)CC2. The number of fused-ring (bicyclic) bond motifs is 8. The van der Waals surface area contributed by atoms with E-state index in [9.17, 15) is 4.79 Å². The molecule has 0 N–H and O–H groups in total. The lowest BCUT2D eigenvalue weighted by atomic mass is 9.34. The Morgan fingerprint density at radius 1 is 1.11 bits per heavy atom. The quantitative estimate of drug-likeness (QED) is 0.311. The summed E-state index contributed by atoms with van der Waals surface area (Å²) in [4.78, 5) is 11.9. The van der Waals surface area contributed by atoms with Crippen molar-refractivity contribution < 1.29 is 14.1 Å². The third kappa shape index (κ3) is 3.17. The lowest BCUT2D eigenvalue weighted by Crippen LogP contribution is -2.63. The molecule has 5 aliphatic carbocycles. The molecule has 4 nitrogen and oxygen atoms in total. The highest BCUT2D eigenvalue weighted by molar-refractivity contribution is 5.66. The van der Waals surface area contributed by atoms with Crippen LogP contribution >= 0.6 is 0 Å². The molecule has 1 aromatic heterocycles. The van der Waals surface area contributed by atoms with Crippen molar-refractivity contribution in [3.8, 4) is 0 Å². The van der Waals surface area contributed by atoms with Crippen molar-refractivity contribution in [1.82, 2.24) is 5.16 Å². The fraction of sp³-hybridized carbons (Fsp3) is 0.812. The summed E-state index contributed by atoms with van der Waals surface area (Å²) in [5.74, 6) is 3.33. The minimum atomic E-state index is -0.128. The largest absolute Gasteiger partial charge is 0.465 e. The van der Waals surface area contributed by atoms with Gasteiger partial charge in [-0.15, -0.1) is 0 Å². The van der Waals surface area contributed by atoms with E-state index in [1.807, 2.05) is 6.20 Å². The fourth-order valence-electron chi connectivity index (χ4n) is 10.7. The van der Waals surface area contributed by atoms with Crippen LogP contribution in [0.1, 0.15) is 117 Å². The van der Waals surface area contributed by atoms with Gasteiger partial charge in [-0.1, -0.05) is 58.3 Å². The minimum Gasteiger partial charge on any atom is -0.465 e. The van der Waals surface area contributed by atoms with Gasteiger partial charge in [-0.2, -0.15) is 0 Å². The van der Waals surface area contributed by atoms with Gasteiger partial charge in [0.05, 0.1) is 12.8 Å². The zero-order valence-corrected chi connectivity index (χ0v) is 23.7. The standard InChI is InChI=1S/C32H47NO3/c1-20-23-10-11-31(7)26(29(23,5)16-22-18-33-36-27(20)22)9-8-24-25-17-28(3,4)12-14-32(25,19-35-21(2)34)15-13-30(24,31)6/h8,18,20,23,25-26H,9-17,19H2,1-7H3/t20-,23-,25?,26+,29-,30+,31+,32+/m0/s1. The second kappa shape index (κ2) is 7.73. The van der Waals surface area contributed by atoms with Gasteiger partial charge in [0.1, 0.15) is 5.76 Å². The Morgan fingerprint density at radius 3 is 2.61 bits per heavy atom. The van der Waals surface area contributed by atoms with E-state index in [1.165, 1.54) is 56.9 Å². The first-order chi connectivity index (χ1) is 16.9. The number of ether oxygens (including phenoxy) is 1. The molecular weight excluding hydrogens is 446 g/mol. The first-order valence-corrected chi connectivity index (χ1v) is 14.6. The first kappa shape index (κ1) is 24.7. The number of allylic oxidation sites excluding steroid dienone is 2. The van der Waals surface area contributed by atoms with E-state index in [1.54, 1.807) is 12.5 Å². The maximum absolute atomic E-state index is 11.9. The number of hydrogen-bond acceptors (Lipinski definition) is 4. The van der Waals surface area contributed by atoms with Crippen molar-refractivity contribution in [2.45, 2.75) is 112 Å². The zero-order chi connectivity index (χ0) is 25.7. The lowest BCUT2D eigenvalue weighted by Gasteiger charge is -2.70. The predicted molar refractivity (Wildman–Crippen MR) is 141 cm³/mol. The minimum absolute atomic E-state index is 0.119. The summed E-state index contributed by atoms with van der Waals surface area (Å²) in [6, 6.07) is 0. The molecule has 36 heavy (non-hydrogen) atoms. The van der Waals surface area contributed by atoms with Gasteiger partial charge in [0.25, 0.3) is 0 Å². The van der Waals surface area contributed by atoms with Crippen LogP contribution in [0.25, 0.3) is 0 Å². The van der Waals surface area contributed by atoms with E-state index in [4.69, 9.17) is 9.26 Å². The Hall–Kier alpha value is -1.58. The van der Waals surface area contributed by atoms with Crippen LogP contribution in [0.5, 0.6) is 0 Å². The average Bonchev–Trinajstić information content (AvgIpc) is 3.26. The van der Waals surface area contributed by atoms with Gasteiger partial charge in [0.15, 0.2) is 0 Å². The highest BCUT2D eigenvalue weighted by atomic mass is 16.5. The van der Waals surface area contributed by atoms with Crippen molar-refractivity contribution >= 4 is 5.97 Å². The Labute approximate surface area is 218 Å². The van der Waals surface area contributed by atoms with Gasteiger partial charge >= 0.3 is 5.97 Å². The van der Waals surface area contributed by atoms with Crippen LogP contribution in [0.2, 0.25) is 0 Å². The van der Waals surface area contributed by atoms with Crippen molar-refractivity contribution in [2.75, 3.05) is 6.61 Å². The highest BCUT2D eigenvalue weighted by Crippen LogP contribution is 2.74. The summed E-state index contributed by atoms with van der Waals surface area (Å²) < 4.78 is 11.6. The Bertz CT molecular complexity index is 1100. The molecule has 0 spiro atoms. The number of carbonyl (C=O) groups excluding carboxylic acids is 1. The topological polar surface area (TPSA) is 52.3 Å². The van der Waals surface area contributed by atoms with Crippen molar-refractivity contribution in [1.29, 1.82) is 0 Å². The molecule has 0 aromatic carbocycles. The van der Waals surface area contributed by atoms with Gasteiger partial charge in [-0.05, 0) is 97.2 Å². The molecule has 8 atom stereocenters. The molecule has 4 heteroatoms. The monoisotopic (exact) mass is 493 g/mol. The molecule has 198 valence electrons. The second-order valence-corrected chi connectivity index (χ2v) is 15.1. The molecule has 0 bridgehead atoms. The molecule has 0 aliphatic heterocycles. The van der Waals surface area contributed by atoms with Gasteiger partial charge in [0, 0.05) is 23.8 Å². The van der Waals surface area contributed by atoms with Crippen LogP contribution in [0.4, 0.5) is 0 Å². The number of esters is 1. The third-order valence-corrected chi connectivity index (χ3v) is 13.0. The number of rotatable bonds is 2. The number of hydrogen-bond donors (Lipinski definition) is 0. The average molecular weight is 494 g/mol. The molecule has 6 rings (SSSR count). The van der Waals surface area contributed by atoms with Crippen LogP contribution in [-0.4, -0.2) is 17.7 Å². The summed E-state index contributed by atoms with van der Waals surface area (Å²) in [6.07, 6.45) is 15.6. The Kier molecular flexibility index (Phi) is 5.31. The third-order valence-electron chi connectivity index (χ3n) is 13.0. The number of nitrogens with zero attached hydrogens (tertiary/aromatic N) is 1. The normalized spacial score (nSPS) is 46.8. The Morgan fingerprint density at radius 2 is 1.86 bits per heavy atom. The molecule has 1 aromatic rings. The highest BCUT2D eigenvalue weighted by Gasteiger charge is 2.67. The van der Waals surface area contributed by atoms with Crippen LogP contribution in [-0.2, 0) is 16.0 Å². The fourth-order valence-corrected chi connectivity index (χ4v) is 10.7. The molecule has 0 saturated heterocycles. The van der Waals surface area contributed by atoms with Crippen LogP contribution < -0.4 is 0 Å². The summed E-state index contributed by atoms with van der Waals surface area (Å²) >= 11 is 0. The van der Waals surface area contributed by atoms with Crippen molar-refractivity contribution in [3.05, 3.63) is 29.2 Å². The summed E-state index contributed by atoms with van der Waals surface area (Å²) in [6.45, 7) is 17.4. The van der Waals surface area contributed by atoms with E-state index >= 15 is 0 Å². The summed E-state index contributed by atoms with van der Waals surface area (Å²) in [5, 5.41) is 4.22. The molecule has 5 aliphatic rings. The molecule has 3 saturated carbocycles. The van der Waals surface area contributed by atoms with Gasteiger partial charge in [-0.3, -0.25) is 4.79 Å². The van der Waals surface area contributed by atoms with E-state index in [0.29, 0.717) is 35.7 Å².